The van der Waals surface area contributed by atoms with Crippen LogP contribution in [0.3, 0.4) is 0 Å². The summed E-state index contributed by atoms with van der Waals surface area (Å²) in [4.78, 5) is 23.2. The number of hydrogen-bond acceptors (Lipinski definition) is 5. The smallest absolute Gasteiger partial charge is 0.330 e. The first-order valence-electron chi connectivity index (χ1n) is 11.3. The molecular formula is C25H36O5. The molecule has 0 aliphatic heterocycles. The van der Waals surface area contributed by atoms with Gasteiger partial charge in [-0.1, -0.05) is 39.2 Å². The summed E-state index contributed by atoms with van der Waals surface area (Å²) in [5, 5.41) is 0. The molecule has 0 amide bonds. The first kappa shape index (κ1) is 24.0. The van der Waals surface area contributed by atoms with E-state index in [-0.39, 0.29) is 17.9 Å². The maximum atomic E-state index is 12.3. The Balaban J connectivity index is 1.51. The quantitative estimate of drug-likeness (QED) is 0.174. The Labute approximate surface area is 180 Å². The van der Waals surface area contributed by atoms with Crippen LogP contribution in [0.1, 0.15) is 71.1 Å². The standard InChI is InChI=1S/C25H36O5/c1-3-24(26)29-19-9-7-5-4-6-8-18-28-22-14-16-23(17-15-22)30-25(27)21-12-10-20(2)11-13-21/h3,14-17,20-21H,1,4-13,18-19H2,2H3. The number of carbonyl (C=O) groups is 2. The van der Waals surface area contributed by atoms with E-state index in [1.54, 1.807) is 12.1 Å². The predicted octanol–water partition coefficient (Wildman–Crippen LogP) is 5.87. The topological polar surface area (TPSA) is 61.8 Å². The molecule has 1 aromatic rings. The number of ether oxygens (including phenoxy) is 3. The summed E-state index contributed by atoms with van der Waals surface area (Å²) in [6.07, 6.45) is 11.6. The summed E-state index contributed by atoms with van der Waals surface area (Å²) in [6.45, 7) is 6.76. The Morgan fingerprint density at radius 1 is 0.900 bits per heavy atom. The number of carbonyl (C=O) groups excluding carboxylic acids is 2. The highest BCUT2D eigenvalue weighted by Gasteiger charge is 2.25. The average molecular weight is 417 g/mol. The van der Waals surface area contributed by atoms with Crippen molar-refractivity contribution in [3.8, 4) is 11.5 Å². The molecule has 5 heteroatoms. The largest absolute Gasteiger partial charge is 0.494 e. The average Bonchev–Trinajstić information content (AvgIpc) is 2.76. The van der Waals surface area contributed by atoms with Gasteiger partial charge in [0, 0.05) is 6.08 Å². The molecule has 1 aliphatic carbocycles. The van der Waals surface area contributed by atoms with Gasteiger partial charge in [0.1, 0.15) is 11.5 Å². The van der Waals surface area contributed by atoms with E-state index < -0.39 is 0 Å². The highest BCUT2D eigenvalue weighted by molar-refractivity contribution is 5.81. The Bertz CT molecular complexity index is 644. The third kappa shape index (κ3) is 9.47. The van der Waals surface area contributed by atoms with E-state index in [1.165, 1.54) is 6.08 Å². The predicted molar refractivity (Wildman–Crippen MR) is 118 cm³/mol. The number of benzene rings is 1. The first-order chi connectivity index (χ1) is 14.6. The Kier molecular flexibility index (Phi) is 11.1. The van der Waals surface area contributed by atoms with E-state index in [0.29, 0.717) is 19.0 Å². The van der Waals surface area contributed by atoms with Gasteiger partial charge in [-0.15, -0.1) is 0 Å². The van der Waals surface area contributed by atoms with E-state index in [2.05, 4.69) is 13.5 Å². The van der Waals surface area contributed by atoms with E-state index in [9.17, 15) is 9.59 Å². The van der Waals surface area contributed by atoms with Crippen molar-refractivity contribution in [2.75, 3.05) is 13.2 Å². The summed E-state index contributed by atoms with van der Waals surface area (Å²) in [6, 6.07) is 7.32. The van der Waals surface area contributed by atoms with Crippen LogP contribution in [0.2, 0.25) is 0 Å². The van der Waals surface area contributed by atoms with Gasteiger partial charge in [0.05, 0.1) is 19.1 Å². The number of esters is 2. The monoisotopic (exact) mass is 416 g/mol. The molecule has 1 aliphatic rings. The lowest BCUT2D eigenvalue weighted by Crippen LogP contribution is -2.24. The van der Waals surface area contributed by atoms with Crippen LogP contribution in [-0.2, 0) is 14.3 Å². The molecule has 5 nitrogen and oxygen atoms in total. The molecule has 2 rings (SSSR count). The van der Waals surface area contributed by atoms with Crippen LogP contribution in [0, 0.1) is 11.8 Å². The molecule has 0 unspecified atom stereocenters. The van der Waals surface area contributed by atoms with Crippen molar-refractivity contribution < 1.29 is 23.8 Å². The molecule has 1 aromatic carbocycles. The van der Waals surface area contributed by atoms with Crippen LogP contribution < -0.4 is 9.47 Å². The van der Waals surface area contributed by atoms with E-state index in [4.69, 9.17) is 14.2 Å². The Morgan fingerprint density at radius 2 is 1.47 bits per heavy atom. The van der Waals surface area contributed by atoms with Gasteiger partial charge in [0.25, 0.3) is 0 Å². The van der Waals surface area contributed by atoms with Crippen molar-refractivity contribution in [1.82, 2.24) is 0 Å². The number of hydrogen-bond donors (Lipinski definition) is 0. The summed E-state index contributed by atoms with van der Waals surface area (Å²) < 4.78 is 16.2. The number of rotatable bonds is 13. The fraction of sp³-hybridized carbons (Fsp3) is 0.600. The second-order valence-corrected chi connectivity index (χ2v) is 8.19. The molecular weight excluding hydrogens is 380 g/mol. The van der Waals surface area contributed by atoms with Crippen LogP contribution in [0.25, 0.3) is 0 Å². The molecule has 0 heterocycles. The summed E-state index contributed by atoms with van der Waals surface area (Å²) >= 11 is 0. The second-order valence-electron chi connectivity index (χ2n) is 8.19. The van der Waals surface area contributed by atoms with Gasteiger partial charge in [0.15, 0.2) is 0 Å². The van der Waals surface area contributed by atoms with Crippen molar-refractivity contribution in [3.63, 3.8) is 0 Å². The van der Waals surface area contributed by atoms with Crippen molar-refractivity contribution in [2.24, 2.45) is 11.8 Å². The zero-order chi connectivity index (χ0) is 21.6. The van der Waals surface area contributed by atoms with Gasteiger partial charge >= 0.3 is 11.9 Å². The molecule has 0 N–H and O–H groups in total. The highest BCUT2D eigenvalue weighted by atomic mass is 16.5. The lowest BCUT2D eigenvalue weighted by molar-refractivity contribution is -0.140. The third-order valence-corrected chi connectivity index (χ3v) is 5.61. The molecule has 166 valence electrons. The Hall–Kier alpha value is -2.30. The first-order valence-corrected chi connectivity index (χ1v) is 11.3. The fourth-order valence-corrected chi connectivity index (χ4v) is 3.63. The molecule has 0 radical (unpaired) electrons. The Morgan fingerprint density at radius 3 is 2.10 bits per heavy atom. The molecule has 30 heavy (non-hydrogen) atoms. The van der Waals surface area contributed by atoms with E-state index in [1.807, 2.05) is 12.1 Å². The van der Waals surface area contributed by atoms with Gasteiger partial charge in [-0.25, -0.2) is 4.79 Å². The maximum Gasteiger partial charge on any atom is 0.330 e. The maximum absolute atomic E-state index is 12.3. The third-order valence-electron chi connectivity index (χ3n) is 5.61. The molecule has 0 atom stereocenters. The summed E-state index contributed by atoms with van der Waals surface area (Å²) in [5.74, 6) is 1.69. The zero-order valence-electron chi connectivity index (χ0n) is 18.3. The van der Waals surface area contributed by atoms with Gasteiger partial charge in [-0.2, -0.15) is 0 Å². The normalized spacial score (nSPS) is 18.4. The minimum absolute atomic E-state index is 0.0410. The second kappa shape index (κ2) is 13.8. The molecule has 0 aromatic heterocycles. The van der Waals surface area contributed by atoms with Crippen LogP contribution in [0.5, 0.6) is 11.5 Å². The molecule has 0 spiro atoms. The lowest BCUT2D eigenvalue weighted by Gasteiger charge is -2.24. The molecule has 0 bridgehead atoms. The van der Waals surface area contributed by atoms with Crippen molar-refractivity contribution >= 4 is 11.9 Å². The van der Waals surface area contributed by atoms with Crippen LogP contribution in [-0.4, -0.2) is 25.2 Å². The van der Waals surface area contributed by atoms with Crippen molar-refractivity contribution in [3.05, 3.63) is 36.9 Å². The van der Waals surface area contributed by atoms with E-state index >= 15 is 0 Å². The SMILES string of the molecule is C=CC(=O)OCCCCCCCCOc1ccc(OC(=O)C2CCC(C)CC2)cc1. The van der Waals surface area contributed by atoms with Gasteiger partial charge in [-0.05, 0) is 68.7 Å². The lowest BCUT2D eigenvalue weighted by atomic mass is 9.83. The van der Waals surface area contributed by atoms with Crippen molar-refractivity contribution in [1.29, 1.82) is 0 Å². The van der Waals surface area contributed by atoms with Gasteiger partial charge in [-0.3, -0.25) is 4.79 Å². The van der Waals surface area contributed by atoms with Gasteiger partial charge in [0.2, 0.25) is 0 Å². The molecule has 0 saturated heterocycles. The van der Waals surface area contributed by atoms with Gasteiger partial charge < -0.3 is 14.2 Å². The van der Waals surface area contributed by atoms with E-state index in [0.717, 1.165) is 75.9 Å². The highest BCUT2D eigenvalue weighted by Crippen LogP contribution is 2.29. The van der Waals surface area contributed by atoms with Crippen LogP contribution >= 0.6 is 0 Å². The van der Waals surface area contributed by atoms with Crippen LogP contribution in [0.4, 0.5) is 0 Å². The molecule has 1 fully saturated rings. The fourth-order valence-electron chi connectivity index (χ4n) is 3.63. The zero-order valence-corrected chi connectivity index (χ0v) is 18.3. The summed E-state index contributed by atoms with van der Waals surface area (Å²) in [7, 11) is 0. The number of unbranched alkanes of at least 4 members (excludes halogenated alkanes) is 5. The minimum Gasteiger partial charge on any atom is -0.494 e. The summed E-state index contributed by atoms with van der Waals surface area (Å²) in [5.41, 5.74) is 0. The molecule has 1 saturated carbocycles. The van der Waals surface area contributed by atoms with Crippen molar-refractivity contribution in [2.45, 2.75) is 71.1 Å². The van der Waals surface area contributed by atoms with Crippen LogP contribution in [0.15, 0.2) is 36.9 Å². The minimum atomic E-state index is -0.350.